The van der Waals surface area contributed by atoms with E-state index in [1.54, 1.807) is 6.07 Å². The second kappa shape index (κ2) is 11.5. The first-order valence-electron chi connectivity index (χ1n) is 13.6. The molecule has 0 spiro atoms. The number of phenolic OH excluding ortho intramolecular Hbond substituents is 1. The van der Waals surface area contributed by atoms with Crippen molar-refractivity contribution in [2.24, 2.45) is 17.8 Å². The van der Waals surface area contributed by atoms with Gasteiger partial charge in [0.1, 0.15) is 5.75 Å². The molecule has 5 rings (SSSR count). The molecule has 2 aromatic carbocycles. The number of benzene rings is 2. The first-order valence-corrected chi connectivity index (χ1v) is 14.5. The molecule has 7 heteroatoms. The van der Waals surface area contributed by atoms with E-state index in [-0.39, 0.29) is 30.7 Å². The first kappa shape index (κ1) is 27.3. The van der Waals surface area contributed by atoms with Crippen LogP contribution in [0.2, 0.25) is 0 Å². The lowest BCUT2D eigenvalue weighted by molar-refractivity contribution is -0.140. The van der Waals surface area contributed by atoms with E-state index in [0.717, 1.165) is 37.9 Å². The van der Waals surface area contributed by atoms with Crippen molar-refractivity contribution in [1.82, 2.24) is 4.90 Å². The van der Waals surface area contributed by atoms with E-state index in [9.17, 15) is 24.9 Å². The topological polar surface area (TPSA) is 98.1 Å². The summed E-state index contributed by atoms with van der Waals surface area (Å²) in [4.78, 5) is 29.1. The number of fused-ring (bicyclic) bond motifs is 2. The third kappa shape index (κ3) is 5.19. The van der Waals surface area contributed by atoms with Crippen molar-refractivity contribution in [3.8, 4) is 5.75 Å². The molecule has 1 aliphatic carbocycles. The Balaban J connectivity index is 1.35. The summed E-state index contributed by atoms with van der Waals surface area (Å²) >= 11 is 1.51. The van der Waals surface area contributed by atoms with E-state index in [1.807, 2.05) is 61.7 Å². The van der Waals surface area contributed by atoms with Crippen LogP contribution in [0.4, 0.5) is 0 Å². The number of carbonyl (C=O) groups is 2. The van der Waals surface area contributed by atoms with Gasteiger partial charge in [-0.2, -0.15) is 0 Å². The number of aromatic hydroxyl groups is 1. The molecule has 2 aliphatic rings. The maximum absolute atomic E-state index is 13.5. The van der Waals surface area contributed by atoms with Crippen LogP contribution in [0.5, 0.6) is 5.75 Å². The van der Waals surface area contributed by atoms with Crippen molar-refractivity contribution in [3.63, 3.8) is 0 Å². The molecule has 204 valence electrons. The minimum absolute atomic E-state index is 0.170. The van der Waals surface area contributed by atoms with E-state index < -0.39 is 23.9 Å². The number of thiophene rings is 1. The highest BCUT2D eigenvalue weighted by atomic mass is 32.1. The predicted molar refractivity (Wildman–Crippen MR) is 154 cm³/mol. The maximum Gasteiger partial charge on any atom is 0.234 e. The standard InChI is InChI=1S/C32H35NO5S/c1-3-20-16-25-30(32(38)33(31(25)37)17-22-7-6-14-39-22)26(18-34)29(20)28(36)12-10-19(2)15-21-11-13-27(35)24-9-5-4-8-23(21)24/h4-9,11,13-15,25-26,28,30,34-36H,3,10,12,16-18H2,1-2H3/b19-15+/t25-,26+,28-,30-/m1/s1. The molecule has 3 aromatic rings. The highest BCUT2D eigenvalue weighted by Crippen LogP contribution is 2.47. The summed E-state index contributed by atoms with van der Waals surface area (Å²) in [5, 5.41) is 35.7. The molecule has 0 unspecified atom stereocenters. The van der Waals surface area contributed by atoms with Crippen LogP contribution in [0.3, 0.4) is 0 Å². The Bertz CT molecular complexity index is 1440. The van der Waals surface area contributed by atoms with Gasteiger partial charge in [0.05, 0.1) is 31.1 Å². The molecule has 1 fully saturated rings. The minimum atomic E-state index is -0.813. The Morgan fingerprint density at radius 3 is 2.56 bits per heavy atom. The number of phenols is 1. The fraction of sp³-hybridized carbons (Fsp3) is 0.375. The zero-order valence-electron chi connectivity index (χ0n) is 22.3. The number of allylic oxidation sites excluding steroid dienone is 2. The Morgan fingerprint density at radius 1 is 1.10 bits per heavy atom. The number of imide groups is 1. The highest BCUT2D eigenvalue weighted by Gasteiger charge is 2.54. The van der Waals surface area contributed by atoms with Crippen molar-refractivity contribution >= 4 is 40.0 Å². The third-order valence-electron chi connectivity index (χ3n) is 8.30. The van der Waals surface area contributed by atoms with Crippen molar-refractivity contribution in [2.75, 3.05) is 6.61 Å². The van der Waals surface area contributed by atoms with Crippen LogP contribution < -0.4 is 0 Å². The smallest absolute Gasteiger partial charge is 0.234 e. The van der Waals surface area contributed by atoms with Crippen molar-refractivity contribution in [3.05, 3.63) is 81.1 Å². The lowest BCUT2D eigenvalue weighted by Gasteiger charge is -2.36. The molecular formula is C32H35NO5S. The largest absolute Gasteiger partial charge is 0.507 e. The van der Waals surface area contributed by atoms with Gasteiger partial charge in [0, 0.05) is 16.2 Å². The third-order valence-corrected chi connectivity index (χ3v) is 9.16. The molecule has 6 nitrogen and oxygen atoms in total. The molecule has 1 saturated heterocycles. The molecule has 2 amide bonds. The Kier molecular flexibility index (Phi) is 8.03. The number of carbonyl (C=O) groups excluding carboxylic acids is 2. The molecule has 3 N–H and O–H groups in total. The molecule has 0 bridgehead atoms. The average molecular weight is 546 g/mol. The van der Waals surface area contributed by atoms with Gasteiger partial charge in [-0.25, -0.2) is 0 Å². The molecule has 2 heterocycles. The summed E-state index contributed by atoms with van der Waals surface area (Å²) in [6.07, 6.45) is 3.45. The number of aliphatic hydroxyl groups is 2. The van der Waals surface area contributed by atoms with Gasteiger partial charge in [0.25, 0.3) is 0 Å². The van der Waals surface area contributed by atoms with Gasteiger partial charge in [0.15, 0.2) is 0 Å². The molecule has 0 saturated carbocycles. The van der Waals surface area contributed by atoms with E-state index in [2.05, 4.69) is 6.08 Å². The van der Waals surface area contributed by atoms with Crippen LogP contribution in [-0.4, -0.2) is 44.7 Å². The van der Waals surface area contributed by atoms with Crippen molar-refractivity contribution < 1.29 is 24.9 Å². The summed E-state index contributed by atoms with van der Waals surface area (Å²) < 4.78 is 0. The molecular weight excluding hydrogens is 510 g/mol. The Labute approximate surface area is 232 Å². The Hall–Kier alpha value is -3.26. The van der Waals surface area contributed by atoms with E-state index >= 15 is 0 Å². The van der Waals surface area contributed by atoms with Gasteiger partial charge >= 0.3 is 0 Å². The summed E-state index contributed by atoms with van der Waals surface area (Å²) in [6.45, 7) is 4.00. The van der Waals surface area contributed by atoms with E-state index in [1.165, 1.54) is 16.2 Å². The van der Waals surface area contributed by atoms with Gasteiger partial charge < -0.3 is 15.3 Å². The summed E-state index contributed by atoms with van der Waals surface area (Å²) in [5.74, 6) is -1.85. The van der Waals surface area contributed by atoms with Crippen LogP contribution in [0.15, 0.2) is 70.6 Å². The molecule has 0 radical (unpaired) electrons. The average Bonchev–Trinajstić information content (AvgIpc) is 3.55. The highest BCUT2D eigenvalue weighted by molar-refractivity contribution is 7.09. The zero-order chi connectivity index (χ0) is 27.7. The lowest BCUT2D eigenvalue weighted by Crippen LogP contribution is -2.39. The second-order valence-electron chi connectivity index (χ2n) is 10.6. The van der Waals surface area contributed by atoms with Crippen LogP contribution in [0.25, 0.3) is 16.8 Å². The number of hydrogen-bond acceptors (Lipinski definition) is 6. The summed E-state index contributed by atoms with van der Waals surface area (Å²) in [5.41, 5.74) is 3.79. The predicted octanol–water partition coefficient (Wildman–Crippen LogP) is 5.67. The van der Waals surface area contributed by atoms with Crippen molar-refractivity contribution in [1.29, 1.82) is 0 Å². The monoisotopic (exact) mass is 545 g/mol. The molecule has 1 aliphatic heterocycles. The second-order valence-corrected chi connectivity index (χ2v) is 11.7. The number of aliphatic hydroxyl groups excluding tert-OH is 2. The van der Waals surface area contributed by atoms with Gasteiger partial charge in [-0.15, -0.1) is 11.3 Å². The van der Waals surface area contributed by atoms with Gasteiger partial charge in [-0.05, 0) is 66.6 Å². The number of rotatable bonds is 9. The fourth-order valence-corrected chi connectivity index (χ4v) is 7.06. The fourth-order valence-electron chi connectivity index (χ4n) is 6.37. The SMILES string of the molecule is CCC1=C([C@H](O)CC/C(C)=C/c2ccc(O)c3ccccc23)[C@H](CO)[C@@H]2C(=O)N(Cc3cccs3)C(=O)[C@@H]2C1. The van der Waals surface area contributed by atoms with Gasteiger partial charge in [-0.3, -0.25) is 14.5 Å². The Morgan fingerprint density at radius 2 is 1.87 bits per heavy atom. The summed E-state index contributed by atoms with van der Waals surface area (Å²) in [6, 6.07) is 15.1. The van der Waals surface area contributed by atoms with Gasteiger partial charge in [0.2, 0.25) is 11.8 Å². The number of hydrogen-bond donors (Lipinski definition) is 3. The number of amides is 2. The van der Waals surface area contributed by atoms with Crippen LogP contribution >= 0.6 is 11.3 Å². The zero-order valence-corrected chi connectivity index (χ0v) is 23.2. The normalized spacial score (nSPS) is 22.6. The number of likely N-dealkylation sites (tertiary alicyclic amines) is 1. The molecule has 4 atom stereocenters. The number of nitrogens with zero attached hydrogens (tertiary/aromatic N) is 1. The van der Waals surface area contributed by atoms with Crippen LogP contribution in [0, 0.1) is 17.8 Å². The van der Waals surface area contributed by atoms with E-state index in [0.29, 0.717) is 25.7 Å². The molecule has 39 heavy (non-hydrogen) atoms. The van der Waals surface area contributed by atoms with E-state index in [4.69, 9.17) is 0 Å². The quantitative estimate of drug-likeness (QED) is 0.238. The maximum atomic E-state index is 13.5. The summed E-state index contributed by atoms with van der Waals surface area (Å²) in [7, 11) is 0. The van der Waals surface area contributed by atoms with Crippen LogP contribution in [0.1, 0.15) is 50.0 Å². The minimum Gasteiger partial charge on any atom is -0.507 e. The van der Waals surface area contributed by atoms with Crippen LogP contribution in [-0.2, 0) is 16.1 Å². The lowest BCUT2D eigenvalue weighted by atomic mass is 9.67. The first-order chi connectivity index (χ1) is 18.8. The molecule has 1 aromatic heterocycles. The van der Waals surface area contributed by atoms with Gasteiger partial charge in [-0.1, -0.05) is 60.5 Å². The van der Waals surface area contributed by atoms with Crippen molar-refractivity contribution in [2.45, 2.75) is 52.2 Å².